The van der Waals surface area contributed by atoms with Crippen LogP contribution in [0.2, 0.25) is 0 Å². The number of hydrogen-bond donors (Lipinski definition) is 1. The summed E-state index contributed by atoms with van der Waals surface area (Å²) in [7, 11) is 0. The number of para-hydroxylation sites is 1. The first-order valence-corrected chi connectivity index (χ1v) is 6.73. The van der Waals surface area contributed by atoms with Gasteiger partial charge in [-0.2, -0.15) is 0 Å². The summed E-state index contributed by atoms with van der Waals surface area (Å²) in [6.07, 6.45) is 1.50. The maximum absolute atomic E-state index is 13.6. The number of anilines is 2. The molecule has 0 aliphatic carbocycles. The molecule has 0 saturated heterocycles. The van der Waals surface area contributed by atoms with E-state index in [0.29, 0.717) is 16.9 Å². The van der Waals surface area contributed by atoms with Gasteiger partial charge in [-0.3, -0.25) is 4.79 Å². The number of hydrogen-bond acceptors (Lipinski definition) is 4. The van der Waals surface area contributed by atoms with Crippen molar-refractivity contribution in [2.24, 2.45) is 0 Å². The maximum Gasteiger partial charge on any atom is 0.299 e. The van der Waals surface area contributed by atoms with Crippen molar-refractivity contribution in [3.05, 3.63) is 66.1 Å². The zero-order chi connectivity index (χ0) is 15.5. The van der Waals surface area contributed by atoms with E-state index in [1.165, 1.54) is 19.2 Å². The van der Waals surface area contributed by atoms with E-state index in [9.17, 15) is 9.18 Å². The fourth-order valence-corrected chi connectivity index (χ4v) is 2.14. The fraction of sp³-hybridized carbons (Fsp3) is 0.0588. The summed E-state index contributed by atoms with van der Waals surface area (Å²) < 4.78 is 19.2. The van der Waals surface area contributed by atoms with Crippen molar-refractivity contribution in [2.45, 2.75) is 6.92 Å². The van der Waals surface area contributed by atoms with Crippen LogP contribution in [0.5, 0.6) is 0 Å². The van der Waals surface area contributed by atoms with Crippen LogP contribution in [0.15, 0.2) is 59.1 Å². The minimum atomic E-state index is -0.397. The van der Waals surface area contributed by atoms with Crippen molar-refractivity contribution in [3.63, 3.8) is 0 Å². The number of benzene rings is 2. The van der Waals surface area contributed by atoms with Gasteiger partial charge < -0.3 is 9.73 Å². The maximum atomic E-state index is 13.6. The molecule has 3 rings (SSSR count). The molecule has 0 radical (unpaired) electrons. The quantitative estimate of drug-likeness (QED) is 0.724. The summed E-state index contributed by atoms with van der Waals surface area (Å²) in [5.74, 6) is -0.00774. The highest BCUT2D eigenvalue weighted by Crippen LogP contribution is 2.28. The van der Waals surface area contributed by atoms with Gasteiger partial charge in [-0.1, -0.05) is 36.4 Å². The van der Waals surface area contributed by atoms with Crippen LogP contribution in [0.4, 0.5) is 16.1 Å². The molecule has 0 atom stereocenters. The number of rotatable bonds is 4. The molecule has 0 saturated carbocycles. The molecule has 0 spiro atoms. The smallest absolute Gasteiger partial charge is 0.299 e. The molecule has 0 aliphatic rings. The predicted molar refractivity (Wildman–Crippen MR) is 81.6 cm³/mol. The van der Waals surface area contributed by atoms with Gasteiger partial charge in [0.15, 0.2) is 11.5 Å². The van der Waals surface area contributed by atoms with E-state index in [1.54, 1.807) is 36.4 Å². The summed E-state index contributed by atoms with van der Waals surface area (Å²) in [5, 5.41) is 2.77. The first kappa shape index (κ1) is 14.0. The lowest BCUT2D eigenvalue weighted by molar-refractivity contribution is 0.101. The molecule has 0 bridgehead atoms. The van der Waals surface area contributed by atoms with Crippen molar-refractivity contribution in [1.82, 2.24) is 4.98 Å². The van der Waals surface area contributed by atoms with Crippen molar-refractivity contribution in [1.29, 1.82) is 0 Å². The molecule has 1 heterocycles. The summed E-state index contributed by atoms with van der Waals surface area (Å²) in [5.41, 5.74) is 1.48. The SMILES string of the molecule is CC(=O)c1ccccc1-c1cnc(Nc2ccccc2F)o1. The average Bonchev–Trinajstić information content (AvgIpc) is 2.98. The third-order valence-electron chi connectivity index (χ3n) is 3.19. The Hall–Kier alpha value is -2.95. The topological polar surface area (TPSA) is 55.1 Å². The second kappa shape index (κ2) is 5.81. The molecule has 0 amide bonds. The van der Waals surface area contributed by atoms with Gasteiger partial charge in [-0.05, 0) is 19.1 Å². The van der Waals surface area contributed by atoms with Gasteiger partial charge in [0.25, 0.3) is 6.01 Å². The second-order valence-electron chi connectivity index (χ2n) is 4.74. The first-order valence-electron chi connectivity index (χ1n) is 6.73. The zero-order valence-corrected chi connectivity index (χ0v) is 11.8. The van der Waals surface area contributed by atoms with Gasteiger partial charge >= 0.3 is 0 Å². The van der Waals surface area contributed by atoms with Gasteiger partial charge in [-0.15, -0.1) is 0 Å². The normalized spacial score (nSPS) is 10.5. The minimum absolute atomic E-state index is 0.0596. The van der Waals surface area contributed by atoms with E-state index in [-0.39, 0.29) is 17.5 Å². The van der Waals surface area contributed by atoms with Crippen LogP contribution >= 0.6 is 0 Å². The highest BCUT2D eigenvalue weighted by molar-refractivity contribution is 6.00. The van der Waals surface area contributed by atoms with Crippen LogP contribution in [0.25, 0.3) is 11.3 Å². The van der Waals surface area contributed by atoms with Crippen molar-refractivity contribution >= 4 is 17.5 Å². The molecule has 0 unspecified atom stereocenters. The second-order valence-corrected chi connectivity index (χ2v) is 4.74. The Labute approximate surface area is 126 Å². The first-order chi connectivity index (χ1) is 10.6. The van der Waals surface area contributed by atoms with Gasteiger partial charge in [-0.25, -0.2) is 9.37 Å². The number of ketones is 1. The number of halogens is 1. The van der Waals surface area contributed by atoms with E-state index in [2.05, 4.69) is 10.3 Å². The molecule has 2 aromatic carbocycles. The number of nitrogens with one attached hydrogen (secondary N) is 1. The number of carbonyl (C=O) groups excluding carboxylic acids is 1. The number of oxazole rings is 1. The average molecular weight is 296 g/mol. The molecule has 4 nitrogen and oxygen atoms in total. The van der Waals surface area contributed by atoms with Crippen molar-refractivity contribution in [2.75, 3.05) is 5.32 Å². The Morgan fingerprint density at radius 2 is 1.86 bits per heavy atom. The van der Waals surface area contributed by atoms with Gasteiger partial charge in [0.05, 0.1) is 11.9 Å². The molecule has 1 aromatic heterocycles. The minimum Gasteiger partial charge on any atom is -0.423 e. The monoisotopic (exact) mass is 296 g/mol. The number of Topliss-reactive ketones (excluding diaryl/α,β-unsaturated/α-hetero) is 1. The van der Waals surface area contributed by atoms with E-state index in [0.717, 1.165) is 0 Å². The van der Waals surface area contributed by atoms with Crippen LogP contribution in [0.1, 0.15) is 17.3 Å². The molecular weight excluding hydrogens is 283 g/mol. The van der Waals surface area contributed by atoms with Gasteiger partial charge in [0, 0.05) is 11.1 Å². The van der Waals surface area contributed by atoms with Crippen molar-refractivity contribution in [3.8, 4) is 11.3 Å². The molecule has 1 N–H and O–H groups in total. The molecule has 3 aromatic rings. The number of carbonyl (C=O) groups is 1. The Morgan fingerprint density at radius 1 is 1.14 bits per heavy atom. The lowest BCUT2D eigenvalue weighted by Crippen LogP contribution is -1.95. The molecule has 22 heavy (non-hydrogen) atoms. The number of nitrogens with zero attached hydrogens (tertiary/aromatic N) is 1. The third kappa shape index (κ3) is 2.74. The summed E-state index contributed by atoms with van der Waals surface area (Å²) in [4.78, 5) is 15.7. The highest BCUT2D eigenvalue weighted by atomic mass is 19.1. The lowest BCUT2D eigenvalue weighted by atomic mass is 10.0. The van der Waals surface area contributed by atoms with Crippen LogP contribution in [0, 0.1) is 5.82 Å². The van der Waals surface area contributed by atoms with Crippen LogP contribution in [0.3, 0.4) is 0 Å². The summed E-state index contributed by atoms with van der Waals surface area (Å²) in [6, 6.07) is 13.5. The zero-order valence-electron chi connectivity index (χ0n) is 11.8. The number of aromatic nitrogens is 1. The standard InChI is InChI=1S/C17H13FN2O2/c1-11(21)12-6-2-3-7-13(12)16-10-19-17(22-16)20-15-9-5-4-8-14(15)18/h2-10H,1H3,(H,19,20). The highest BCUT2D eigenvalue weighted by Gasteiger charge is 2.13. The molecule has 0 aliphatic heterocycles. The molecule has 110 valence electrons. The largest absolute Gasteiger partial charge is 0.423 e. The van der Waals surface area contributed by atoms with E-state index in [1.807, 2.05) is 6.07 Å². The fourth-order valence-electron chi connectivity index (χ4n) is 2.14. The van der Waals surface area contributed by atoms with Gasteiger partial charge in [0.1, 0.15) is 5.82 Å². The van der Waals surface area contributed by atoms with E-state index in [4.69, 9.17) is 4.42 Å². The van der Waals surface area contributed by atoms with E-state index < -0.39 is 5.82 Å². The third-order valence-corrected chi connectivity index (χ3v) is 3.19. The summed E-state index contributed by atoms with van der Waals surface area (Å²) >= 11 is 0. The Bertz CT molecular complexity index is 827. The van der Waals surface area contributed by atoms with Crippen LogP contribution in [-0.2, 0) is 0 Å². The Kier molecular flexibility index (Phi) is 3.70. The summed E-state index contributed by atoms with van der Waals surface area (Å²) in [6.45, 7) is 1.49. The van der Waals surface area contributed by atoms with Crippen LogP contribution < -0.4 is 5.32 Å². The Morgan fingerprint density at radius 3 is 2.64 bits per heavy atom. The molecule has 5 heteroatoms. The molecule has 0 fully saturated rings. The van der Waals surface area contributed by atoms with Gasteiger partial charge in [0.2, 0.25) is 0 Å². The molecular formula is C17H13FN2O2. The van der Waals surface area contributed by atoms with Crippen LogP contribution in [-0.4, -0.2) is 10.8 Å². The van der Waals surface area contributed by atoms with E-state index >= 15 is 0 Å². The lowest BCUT2D eigenvalue weighted by Gasteiger charge is -2.04. The Balaban J connectivity index is 1.92. The van der Waals surface area contributed by atoms with Crippen molar-refractivity contribution < 1.29 is 13.6 Å². The predicted octanol–water partition coefficient (Wildman–Crippen LogP) is 4.43.